The van der Waals surface area contributed by atoms with Crippen LogP contribution in [0.2, 0.25) is 0 Å². The van der Waals surface area contributed by atoms with Crippen molar-refractivity contribution >= 4 is 29.1 Å². The molecule has 2 amide bonds. The molecule has 9 nitrogen and oxygen atoms in total. The Labute approximate surface area is 154 Å². The largest absolute Gasteiger partial charge is 0.383 e. The lowest BCUT2D eigenvalue weighted by Crippen LogP contribution is -2.47. The van der Waals surface area contributed by atoms with E-state index in [1.165, 1.54) is 16.0 Å². The van der Waals surface area contributed by atoms with Crippen molar-refractivity contribution in [2.45, 2.75) is 18.9 Å². The minimum absolute atomic E-state index is 0.00486. The summed E-state index contributed by atoms with van der Waals surface area (Å²) in [6.07, 6.45) is 1.70. The summed E-state index contributed by atoms with van der Waals surface area (Å²) >= 11 is 1.34. The van der Waals surface area contributed by atoms with Crippen molar-refractivity contribution in [2.24, 2.45) is 0 Å². The zero-order chi connectivity index (χ0) is 18.1. The Kier molecular flexibility index (Phi) is 4.60. The standard InChI is InChI=1S/C16H20N6O3S/c17-14-8-11(19-22(14)15(23)12-9-26-10-18-12)13-2-1-3-21(13)16(24)20-4-6-25-7-5-20/h8-10,13H,1-7,17H2. The molecule has 4 heterocycles. The summed E-state index contributed by atoms with van der Waals surface area (Å²) in [7, 11) is 0. The third kappa shape index (κ3) is 3.06. The van der Waals surface area contributed by atoms with Gasteiger partial charge in [0, 0.05) is 31.1 Å². The predicted molar refractivity (Wildman–Crippen MR) is 95.0 cm³/mol. The Balaban J connectivity index is 1.55. The summed E-state index contributed by atoms with van der Waals surface area (Å²) in [6.45, 7) is 3.00. The number of morpholine rings is 1. The monoisotopic (exact) mass is 376 g/mol. The second-order valence-corrected chi connectivity index (χ2v) is 7.04. The van der Waals surface area contributed by atoms with Gasteiger partial charge in [-0.2, -0.15) is 9.78 Å². The van der Waals surface area contributed by atoms with Crippen LogP contribution in [0.1, 0.15) is 35.1 Å². The van der Waals surface area contributed by atoms with Gasteiger partial charge in [0.2, 0.25) is 0 Å². The molecule has 4 rings (SSSR count). The first-order chi connectivity index (χ1) is 12.6. The number of nitrogen functional groups attached to an aromatic ring is 1. The summed E-state index contributed by atoms with van der Waals surface area (Å²) in [4.78, 5) is 33.0. The van der Waals surface area contributed by atoms with E-state index in [-0.39, 0.29) is 23.8 Å². The molecular weight excluding hydrogens is 356 g/mol. The van der Waals surface area contributed by atoms with Crippen molar-refractivity contribution in [1.82, 2.24) is 24.6 Å². The molecule has 2 saturated heterocycles. The number of amides is 2. The summed E-state index contributed by atoms with van der Waals surface area (Å²) in [6, 6.07) is 1.51. The normalized spacial score (nSPS) is 20.5. The lowest BCUT2D eigenvalue weighted by atomic mass is 10.1. The van der Waals surface area contributed by atoms with Crippen LogP contribution in [0.15, 0.2) is 17.0 Å². The fraction of sp³-hybridized carbons (Fsp3) is 0.500. The maximum atomic E-state index is 12.9. The van der Waals surface area contributed by atoms with Gasteiger partial charge in [0.25, 0.3) is 5.91 Å². The maximum absolute atomic E-state index is 12.9. The molecule has 1 atom stereocenters. The van der Waals surface area contributed by atoms with Crippen LogP contribution in [0.5, 0.6) is 0 Å². The number of urea groups is 1. The molecule has 1 unspecified atom stereocenters. The first kappa shape index (κ1) is 17.0. The number of carbonyl (C=O) groups is 2. The van der Waals surface area contributed by atoms with E-state index in [0.29, 0.717) is 44.2 Å². The minimum atomic E-state index is -0.362. The second kappa shape index (κ2) is 7.04. The lowest BCUT2D eigenvalue weighted by molar-refractivity contribution is 0.0420. The Bertz CT molecular complexity index is 799. The Morgan fingerprint density at radius 2 is 2.08 bits per heavy atom. The molecule has 0 aliphatic carbocycles. The molecule has 138 valence electrons. The number of carbonyl (C=O) groups excluding carboxylic acids is 2. The Hall–Kier alpha value is -2.46. The van der Waals surface area contributed by atoms with E-state index in [0.717, 1.165) is 12.8 Å². The number of aromatic nitrogens is 3. The van der Waals surface area contributed by atoms with Crippen LogP contribution in [0.3, 0.4) is 0 Å². The SMILES string of the molecule is Nc1cc(C2CCCN2C(=O)N2CCOCC2)nn1C(=O)c1cscn1. The zero-order valence-electron chi connectivity index (χ0n) is 14.2. The summed E-state index contributed by atoms with van der Waals surface area (Å²) < 4.78 is 6.48. The smallest absolute Gasteiger partial charge is 0.320 e. The van der Waals surface area contributed by atoms with Crippen molar-refractivity contribution < 1.29 is 14.3 Å². The van der Waals surface area contributed by atoms with E-state index in [4.69, 9.17) is 10.5 Å². The van der Waals surface area contributed by atoms with Gasteiger partial charge >= 0.3 is 6.03 Å². The lowest BCUT2D eigenvalue weighted by Gasteiger charge is -2.33. The molecule has 2 aromatic rings. The van der Waals surface area contributed by atoms with Gasteiger partial charge in [0.05, 0.1) is 30.5 Å². The second-order valence-electron chi connectivity index (χ2n) is 6.32. The fourth-order valence-electron chi connectivity index (χ4n) is 3.41. The highest BCUT2D eigenvalue weighted by atomic mass is 32.1. The number of hydrogen-bond acceptors (Lipinski definition) is 7. The van der Waals surface area contributed by atoms with Gasteiger partial charge in [0.15, 0.2) is 0 Å². The molecule has 2 aliphatic rings. The summed E-state index contributed by atoms with van der Waals surface area (Å²) in [5.41, 5.74) is 8.55. The van der Waals surface area contributed by atoms with E-state index in [1.54, 1.807) is 17.0 Å². The van der Waals surface area contributed by atoms with Crippen molar-refractivity contribution in [2.75, 3.05) is 38.6 Å². The fourth-order valence-corrected chi connectivity index (χ4v) is 3.93. The molecule has 0 aromatic carbocycles. The van der Waals surface area contributed by atoms with Crippen LogP contribution in [-0.4, -0.2) is 69.4 Å². The van der Waals surface area contributed by atoms with Gasteiger partial charge in [-0.05, 0) is 12.8 Å². The van der Waals surface area contributed by atoms with E-state index in [1.807, 2.05) is 9.80 Å². The first-order valence-corrected chi connectivity index (χ1v) is 9.51. The highest BCUT2D eigenvalue weighted by Crippen LogP contribution is 2.33. The van der Waals surface area contributed by atoms with Gasteiger partial charge in [0.1, 0.15) is 11.5 Å². The van der Waals surface area contributed by atoms with Crippen LogP contribution in [-0.2, 0) is 4.74 Å². The van der Waals surface area contributed by atoms with Crippen LogP contribution in [0, 0.1) is 0 Å². The van der Waals surface area contributed by atoms with Gasteiger partial charge in [-0.15, -0.1) is 11.3 Å². The van der Waals surface area contributed by atoms with Gasteiger partial charge < -0.3 is 20.3 Å². The number of anilines is 1. The molecule has 0 bridgehead atoms. The molecule has 0 saturated carbocycles. The van der Waals surface area contributed by atoms with Gasteiger partial charge in [-0.1, -0.05) is 0 Å². The summed E-state index contributed by atoms with van der Waals surface area (Å²) in [5, 5.41) is 6.05. The number of ether oxygens (including phenoxy) is 1. The number of rotatable bonds is 2. The molecular formula is C16H20N6O3S. The van der Waals surface area contributed by atoms with Crippen LogP contribution < -0.4 is 5.73 Å². The first-order valence-electron chi connectivity index (χ1n) is 8.57. The van der Waals surface area contributed by atoms with Crippen LogP contribution >= 0.6 is 11.3 Å². The number of hydrogen-bond donors (Lipinski definition) is 1. The minimum Gasteiger partial charge on any atom is -0.383 e. The van der Waals surface area contributed by atoms with E-state index < -0.39 is 0 Å². The molecule has 0 radical (unpaired) electrons. The number of thiazole rings is 1. The third-order valence-corrected chi connectivity index (χ3v) is 5.31. The average molecular weight is 376 g/mol. The molecule has 26 heavy (non-hydrogen) atoms. The van der Waals surface area contributed by atoms with E-state index in [9.17, 15) is 9.59 Å². The predicted octanol–water partition coefficient (Wildman–Crippen LogP) is 1.20. The molecule has 2 aromatic heterocycles. The highest BCUT2D eigenvalue weighted by molar-refractivity contribution is 7.07. The number of nitrogens with two attached hydrogens (primary N) is 1. The quantitative estimate of drug-likeness (QED) is 0.844. The molecule has 10 heteroatoms. The molecule has 0 spiro atoms. The Morgan fingerprint density at radius 1 is 1.27 bits per heavy atom. The van der Waals surface area contributed by atoms with Gasteiger partial charge in [-0.25, -0.2) is 9.78 Å². The number of nitrogens with zero attached hydrogens (tertiary/aromatic N) is 5. The van der Waals surface area contributed by atoms with Crippen LogP contribution in [0.25, 0.3) is 0 Å². The maximum Gasteiger partial charge on any atom is 0.320 e. The average Bonchev–Trinajstić information content (AvgIpc) is 3.41. The van der Waals surface area contributed by atoms with E-state index >= 15 is 0 Å². The molecule has 2 aliphatic heterocycles. The molecule has 2 N–H and O–H groups in total. The van der Waals surface area contributed by atoms with Crippen molar-refractivity contribution in [3.8, 4) is 0 Å². The highest BCUT2D eigenvalue weighted by Gasteiger charge is 2.35. The van der Waals surface area contributed by atoms with Crippen molar-refractivity contribution in [3.05, 3.63) is 28.3 Å². The third-order valence-electron chi connectivity index (χ3n) is 4.72. The zero-order valence-corrected chi connectivity index (χ0v) is 15.0. The van der Waals surface area contributed by atoms with Gasteiger partial charge in [-0.3, -0.25) is 4.79 Å². The van der Waals surface area contributed by atoms with E-state index in [2.05, 4.69) is 10.1 Å². The molecule has 2 fully saturated rings. The topological polar surface area (TPSA) is 107 Å². The van der Waals surface area contributed by atoms with Crippen molar-refractivity contribution in [1.29, 1.82) is 0 Å². The van der Waals surface area contributed by atoms with Crippen LogP contribution in [0.4, 0.5) is 10.6 Å². The number of likely N-dealkylation sites (tertiary alicyclic amines) is 1. The Morgan fingerprint density at radius 3 is 2.81 bits per heavy atom. The summed E-state index contributed by atoms with van der Waals surface area (Å²) in [5.74, 6) is -0.109. The van der Waals surface area contributed by atoms with Crippen molar-refractivity contribution in [3.63, 3.8) is 0 Å².